The average Bonchev–Trinajstić information content (AvgIpc) is 2.61. The molecule has 0 amide bonds. The Morgan fingerprint density at radius 2 is 2.46 bits per heavy atom. The summed E-state index contributed by atoms with van der Waals surface area (Å²) in [5, 5.41) is 8.78. The quantitative estimate of drug-likeness (QED) is 0.614. The van der Waals surface area contributed by atoms with Gasteiger partial charge in [0.05, 0.1) is 23.7 Å². The maximum Gasteiger partial charge on any atom is 0.316 e. The van der Waals surface area contributed by atoms with Crippen LogP contribution in [0.5, 0.6) is 0 Å². The molecule has 1 aromatic heterocycles. The second kappa shape index (κ2) is 5.26. The van der Waals surface area contributed by atoms with E-state index in [-0.39, 0.29) is 12.6 Å². The Hall–Kier alpha value is -0.520. The van der Waals surface area contributed by atoms with E-state index in [2.05, 4.69) is 4.74 Å². The number of hydrogen-bond donors (Lipinski definition) is 1. The number of ether oxygens (including phenoxy) is 1. The molecule has 0 aromatic carbocycles. The summed E-state index contributed by atoms with van der Waals surface area (Å²) >= 11 is 2.91. The van der Waals surface area contributed by atoms with Crippen molar-refractivity contribution >= 4 is 29.1 Å². The first-order valence-electron chi connectivity index (χ1n) is 3.65. The van der Waals surface area contributed by atoms with E-state index < -0.39 is 0 Å². The lowest BCUT2D eigenvalue weighted by molar-refractivity contribution is -0.137. The van der Waals surface area contributed by atoms with Crippen LogP contribution in [0, 0.1) is 0 Å². The lowest BCUT2D eigenvalue weighted by atomic mass is 10.5. The predicted molar refractivity (Wildman–Crippen MR) is 53.0 cm³/mol. The molecule has 0 saturated heterocycles. The Kier molecular flexibility index (Phi) is 4.27. The summed E-state index contributed by atoms with van der Waals surface area (Å²) in [6.07, 6.45) is 0. The first-order valence-corrected chi connectivity index (χ1v) is 5.45. The van der Waals surface area contributed by atoms with Gasteiger partial charge >= 0.3 is 5.97 Å². The van der Waals surface area contributed by atoms with Gasteiger partial charge in [-0.25, -0.2) is 0 Å². The minimum Gasteiger partial charge on any atom is -0.468 e. The Morgan fingerprint density at radius 1 is 1.69 bits per heavy atom. The second-order valence-electron chi connectivity index (χ2n) is 2.24. The van der Waals surface area contributed by atoms with Crippen molar-refractivity contribution in [2.45, 2.75) is 10.8 Å². The summed E-state index contributed by atoms with van der Waals surface area (Å²) < 4.78 is 5.52. The molecule has 0 aliphatic heterocycles. The van der Waals surface area contributed by atoms with Gasteiger partial charge < -0.3 is 9.84 Å². The molecule has 0 aliphatic rings. The van der Waals surface area contributed by atoms with Crippen LogP contribution in [0.3, 0.4) is 0 Å². The minimum atomic E-state index is -0.232. The summed E-state index contributed by atoms with van der Waals surface area (Å²) in [4.78, 5) is 11.7. The molecule has 72 valence electrons. The normalized spacial score (nSPS) is 10.0. The van der Waals surface area contributed by atoms with Crippen molar-refractivity contribution < 1.29 is 14.6 Å². The molecule has 0 saturated carbocycles. The first-order chi connectivity index (χ1) is 6.26. The van der Waals surface area contributed by atoms with Gasteiger partial charge in [0.1, 0.15) is 0 Å². The van der Waals surface area contributed by atoms with Crippen LogP contribution < -0.4 is 0 Å². The summed E-state index contributed by atoms with van der Waals surface area (Å²) in [5.41, 5.74) is 0. The third kappa shape index (κ3) is 3.38. The number of thioether (sulfide) groups is 1. The third-order valence-corrected chi connectivity index (χ3v) is 3.62. The number of methoxy groups -OCH3 is 1. The highest BCUT2D eigenvalue weighted by Gasteiger charge is 2.04. The highest BCUT2D eigenvalue weighted by Crippen LogP contribution is 2.27. The SMILES string of the molecule is COC(=O)CSc1ccc(CO)s1. The average molecular weight is 218 g/mol. The molecule has 1 aromatic rings. The lowest BCUT2D eigenvalue weighted by Gasteiger charge is -1.95. The van der Waals surface area contributed by atoms with Gasteiger partial charge in [-0.3, -0.25) is 4.79 Å². The molecule has 3 nitrogen and oxygen atoms in total. The topological polar surface area (TPSA) is 46.5 Å². The molecule has 0 spiro atoms. The maximum absolute atomic E-state index is 10.8. The van der Waals surface area contributed by atoms with E-state index >= 15 is 0 Å². The van der Waals surface area contributed by atoms with E-state index in [1.807, 2.05) is 12.1 Å². The van der Waals surface area contributed by atoms with Crippen LogP contribution in [0.15, 0.2) is 16.3 Å². The summed E-state index contributed by atoms with van der Waals surface area (Å²) in [5.74, 6) is 0.0889. The molecule has 0 aliphatic carbocycles. The van der Waals surface area contributed by atoms with Crippen LogP contribution in [0.4, 0.5) is 0 Å². The monoisotopic (exact) mass is 218 g/mol. The fourth-order valence-corrected chi connectivity index (χ4v) is 2.58. The van der Waals surface area contributed by atoms with Crippen LogP contribution in [-0.4, -0.2) is 23.9 Å². The Balaban J connectivity index is 2.41. The smallest absolute Gasteiger partial charge is 0.316 e. The van der Waals surface area contributed by atoms with Gasteiger partial charge in [0.15, 0.2) is 0 Å². The molecule has 5 heteroatoms. The standard InChI is InChI=1S/C8H10O3S2/c1-11-7(10)5-12-8-3-2-6(4-9)13-8/h2-3,9H,4-5H2,1H3. The number of carbonyl (C=O) groups is 1. The number of thiophene rings is 1. The molecule has 1 rings (SSSR count). The zero-order valence-electron chi connectivity index (χ0n) is 7.15. The van der Waals surface area contributed by atoms with Crippen LogP contribution in [0.2, 0.25) is 0 Å². The second-order valence-corrected chi connectivity index (χ2v) is 4.69. The zero-order valence-corrected chi connectivity index (χ0v) is 8.78. The highest BCUT2D eigenvalue weighted by atomic mass is 32.2. The lowest BCUT2D eigenvalue weighted by Crippen LogP contribution is -2.02. The van der Waals surface area contributed by atoms with E-state index in [1.165, 1.54) is 30.2 Å². The van der Waals surface area contributed by atoms with E-state index in [1.54, 1.807) is 0 Å². The number of aliphatic hydroxyl groups is 1. The Bertz CT molecular complexity index is 283. The third-order valence-electron chi connectivity index (χ3n) is 1.35. The first kappa shape index (κ1) is 10.6. The molecule has 0 unspecified atom stereocenters. The molecule has 0 radical (unpaired) electrons. The van der Waals surface area contributed by atoms with E-state index in [9.17, 15) is 4.79 Å². The number of rotatable bonds is 4. The molecule has 1 N–H and O–H groups in total. The molecule has 0 fully saturated rings. The van der Waals surface area contributed by atoms with Crippen LogP contribution in [-0.2, 0) is 16.1 Å². The zero-order chi connectivity index (χ0) is 9.68. The fourth-order valence-electron chi connectivity index (χ4n) is 0.710. The summed E-state index contributed by atoms with van der Waals surface area (Å²) in [6.45, 7) is 0.0590. The van der Waals surface area contributed by atoms with Crippen molar-refractivity contribution in [3.8, 4) is 0 Å². The highest BCUT2D eigenvalue weighted by molar-refractivity contribution is 8.01. The Labute approximate surface area is 84.7 Å². The molecule has 0 bridgehead atoms. The van der Waals surface area contributed by atoms with Crippen LogP contribution >= 0.6 is 23.1 Å². The van der Waals surface area contributed by atoms with Crippen LogP contribution in [0.1, 0.15) is 4.88 Å². The van der Waals surface area contributed by atoms with Gasteiger partial charge in [-0.1, -0.05) is 0 Å². The van der Waals surface area contributed by atoms with Gasteiger partial charge in [0.25, 0.3) is 0 Å². The van der Waals surface area contributed by atoms with Gasteiger partial charge in [-0.05, 0) is 12.1 Å². The van der Waals surface area contributed by atoms with Gasteiger partial charge in [-0.2, -0.15) is 0 Å². The Morgan fingerprint density at radius 3 is 3.00 bits per heavy atom. The van der Waals surface area contributed by atoms with Gasteiger partial charge in [0.2, 0.25) is 0 Å². The van der Waals surface area contributed by atoms with E-state index in [0.717, 1.165) is 9.09 Å². The van der Waals surface area contributed by atoms with Gasteiger partial charge in [-0.15, -0.1) is 23.1 Å². The van der Waals surface area contributed by atoms with Crippen molar-refractivity contribution in [3.05, 3.63) is 17.0 Å². The van der Waals surface area contributed by atoms with Crippen molar-refractivity contribution in [3.63, 3.8) is 0 Å². The van der Waals surface area contributed by atoms with Crippen molar-refractivity contribution in [2.75, 3.05) is 12.9 Å². The number of hydrogen-bond acceptors (Lipinski definition) is 5. The fraction of sp³-hybridized carbons (Fsp3) is 0.375. The van der Waals surface area contributed by atoms with E-state index in [0.29, 0.717) is 5.75 Å². The number of carbonyl (C=O) groups excluding carboxylic acids is 1. The minimum absolute atomic E-state index is 0.0590. The van der Waals surface area contributed by atoms with Crippen molar-refractivity contribution in [1.82, 2.24) is 0 Å². The molecule has 1 heterocycles. The molecule has 13 heavy (non-hydrogen) atoms. The number of esters is 1. The summed E-state index contributed by atoms with van der Waals surface area (Å²) in [6, 6.07) is 3.74. The van der Waals surface area contributed by atoms with Crippen molar-refractivity contribution in [1.29, 1.82) is 0 Å². The summed E-state index contributed by atoms with van der Waals surface area (Å²) in [7, 11) is 1.37. The van der Waals surface area contributed by atoms with Crippen LogP contribution in [0.25, 0.3) is 0 Å². The van der Waals surface area contributed by atoms with E-state index in [4.69, 9.17) is 5.11 Å². The predicted octanol–water partition coefficient (Wildman–Crippen LogP) is 1.51. The molecule has 0 atom stereocenters. The van der Waals surface area contributed by atoms with Gasteiger partial charge in [0, 0.05) is 4.88 Å². The molecular formula is C8H10O3S2. The maximum atomic E-state index is 10.8. The largest absolute Gasteiger partial charge is 0.468 e. The number of aliphatic hydroxyl groups excluding tert-OH is 1. The van der Waals surface area contributed by atoms with Crippen molar-refractivity contribution in [2.24, 2.45) is 0 Å². The molecular weight excluding hydrogens is 208 g/mol.